The molecule has 15 heavy (non-hydrogen) atoms. The summed E-state index contributed by atoms with van der Waals surface area (Å²) < 4.78 is 0. The Morgan fingerprint density at radius 1 is 1.33 bits per heavy atom. The highest BCUT2D eigenvalue weighted by Gasteiger charge is 2.05. The van der Waals surface area contributed by atoms with Crippen molar-refractivity contribution in [3.63, 3.8) is 0 Å². The Morgan fingerprint density at radius 3 is 2.93 bits per heavy atom. The SMILES string of the molecule is Cc1ccc(O)c(CC2=CC=CCC2)c1. The van der Waals surface area contributed by atoms with Crippen LogP contribution in [0.4, 0.5) is 0 Å². The lowest BCUT2D eigenvalue weighted by molar-refractivity contribution is 0.469. The molecule has 1 nitrogen and oxygen atoms in total. The Labute approximate surface area is 90.8 Å². The molecule has 0 aliphatic heterocycles. The van der Waals surface area contributed by atoms with Crippen molar-refractivity contribution in [2.45, 2.75) is 26.2 Å². The first-order valence-corrected chi connectivity index (χ1v) is 5.39. The number of hydrogen-bond donors (Lipinski definition) is 1. The molecule has 1 aliphatic carbocycles. The summed E-state index contributed by atoms with van der Waals surface area (Å²) in [6.45, 7) is 2.05. The van der Waals surface area contributed by atoms with Gasteiger partial charge in [0.15, 0.2) is 0 Å². The summed E-state index contributed by atoms with van der Waals surface area (Å²) in [5.74, 6) is 0.413. The van der Waals surface area contributed by atoms with Gasteiger partial charge in [-0.2, -0.15) is 0 Å². The Bertz CT molecular complexity index is 413. The predicted octanol–water partition coefficient (Wildman–Crippen LogP) is 3.52. The number of hydrogen-bond acceptors (Lipinski definition) is 1. The van der Waals surface area contributed by atoms with Crippen molar-refractivity contribution in [3.05, 3.63) is 53.1 Å². The van der Waals surface area contributed by atoms with E-state index in [1.54, 1.807) is 6.07 Å². The molecule has 0 saturated carbocycles. The van der Waals surface area contributed by atoms with Gasteiger partial charge < -0.3 is 5.11 Å². The second kappa shape index (κ2) is 4.35. The molecular formula is C14H16O. The number of aryl methyl sites for hydroxylation is 1. The van der Waals surface area contributed by atoms with Gasteiger partial charge in [-0.25, -0.2) is 0 Å². The Morgan fingerprint density at radius 2 is 2.20 bits per heavy atom. The largest absolute Gasteiger partial charge is 0.508 e. The fourth-order valence-electron chi connectivity index (χ4n) is 1.90. The van der Waals surface area contributed by atoms with Crippen LogP contribution in [-0.2, 0) is 6.42 Å². The van der Waals surface area contributed by atoms with Crippen LogP contribution in [0.2, 0.25) is 0 Å². The van der Waals surface area contributed by atoms with Gasteiger partial charge in [0.05, 0.1) is 0 Å². The minimum Gasteiger partial charge on any atom is -0.508 e. The molecule has 78 valence electrons. The van der Waals surface area contributed by atoms with E-state index in [0.29, 0.717) is 5.75 Å². The first kappa shape index (κ1) is 10.0. The quantitative estimate of drug-likeness (QED) is 0.774. The van der Waals surface area contributed by atoms with E-state index in [1.165, 1.54) is 11.1 Å². The number of phenols is 1. The summed E-state index contributed by atoms with van der Waals surface area (Å²) in [6.07, 6.45) is 9.55. The van der Waals surface area contributed by atoms with E-state index in [-0.39, 0.29) is 0 Å². The zero-order valence-corrected chi connectivity index (χ0v) is 9.03. The van der Waals surface area contributed by atoms with Crippen LogP contribution in [0.3, 0.4) is 0 Å². The first-order valence-electron chi connectivity index (χ1n) is 5.39. The summed E-state index contributed by atoms with van der Waals surface area (Å²) in [4.78, 5) is 0. The molecule has 1 N–H and O–H groups in total. The molecule has 0 spiro atoms. The van der Waals surface area contributed by atoms with Crippen molar-refractivity contribution in [3.8, 4) is 5.75 Å². The minimum absolute atomic E-state index is 0.413. The number of phenolic OH excluding ortho intramolecular Hbond substituents is 1. The van der Waals surface area contributed by atoms with E-state index < -0.39 is 0 Å². The highest BCUT2D eigenvalue weighted by Crippen LogP contribution is 2.24. The fourth-order valence-corrected chi connectivity index (χ4v) is 1.90. The molecule has 0 heterocycles. The van der Waals surface area contributed by atoms with Crippen molar-refractivity contribution in [1.82, 2.24) is 0 Å². The van der Waals surface area contributed by atoms with E-state index >= 15 is 0 Å². The van der Waals surface area contributed by atoms with Crippen molar-refractivity contribution in [2.24, 2.45) is 0 Å². The number of rotatable bonds is 2. The standard InChI is InChI=1S/C14H16O/c1-11-7-8-14(15)13(9-11)10-12-5-3-2-4-6-12/h2-3,5,7-9,15H,4,6,10H2,1H3. The van der Waals surface area contributed by atoms with Crippen LogP contribution in [0.25, 0.3) is 0 Å². The topological polar surface area (TPSA) is 20.2 Å². The highest BCUT2D eigenvalue weighted by atomic mass is 16.3. The van der Waals surface area contributed by atoms with Crippen LogP contribution in [-0.4, -0.2) is 5.11 Å². The maximum Gasteiger partial charge on any atom is 0.119 e. The van der Waals surface area contributed by atoms with E-state index in [1.807, 2.05) is 6.07 Å². The summed E-state index contributed by atoms with van der Waals surface area (Å²) >= 11 is 0. The Balaban J connectivity index is 2.19. The van der Waals surface area contributed by atoms with Gasteiger partial charge in [-0.1, -0.05) is 41.5 Å². The first-order chi connectivity index (χ1) is 7.25. The molecule has 0 atom stereocenters. The van der Waals surface area contributed by atoms with Crippen LogP contribution in [0.5, 0.6) is 5.75 Å². The van der Waals surface area contributed by atoms with E-state index in [0.717, 1.165) is 24.8 Å². The maximum absolute atomic E-state index is 9.72. The summed E-state index contributed by atoms with van der Waals surface area (Å²) in [6, 6.07) is 5.78. The monoisotopic (exact) mass is 200 g/mol. The second-order valence-electron chi connectivity index (χ2n) is 4.10. The van der Waals surface area contributed by atoms with Gasteiger partial charge in [0.2, 0.25) is 0 Å². The van der Waals surface area contributed by atoms with Crippen molar-refractivity contribution in [2.75, 3.05) is 0 Å². The second-order valence-corrected chi connectivity index (χ2v) is 4.10. The molecule has 0 saturated heterocycles. The lowest BCUT2D eigenvalue weighted by Crippen LogP contribution is -1.94. The minimum atomic E-state index is 0.413. The molecule has 1 aromatic carbocycles. The lowest BCUT2D eigenvalue weighted by atomic mass is 9.96. The molecule has 0 bridgehead atoms. The molecule has 1 heteroatoms. The number of benzene rings is 1. The van der Waals surface area contributed by atoms with E-state index in [4.69, 9.17) is 0 Å². The number of allylic oxidation sites excluding steroid dienone is 4. The van der Waals surface area contributed by atoms with Gasteiger partial charge in [0.1, 0.15) is 5.75 Å². The van der Waals surface area contributed by atoms with Gasteiger partial charge in [0, 0.05) is 0 Å². The predicted molar refractivity (Wildman–Crippen MR) is 63.0 cm³/mol. The number of aromatic hydroxyl groups is 1. The Hall–Kier alpha value is -1.50. The van der Waals surface area contributed by atoms with Crippen molar-refractivity contribution in [1.29, 1.82) is 0 Å². The Kier molecular flexibility index (Phi) is 2.91. The van der Waals surface area contributed by atoms with Gasteiger partial charge >= 0.3 is 0 Å². The van der Waals surface area contributed by atoms with E-state index in [2.05, 4.69) is 31.2 Å². The van der Waals surface area contributed by atoms with Crippen molar-refractivity contribution >= 4 is 0 Å². The molecular weight excluding hydrogens is 184 g/mol. The maximum atomic E-state index is 9.72. The third-order valence-corrected chi connectivity index (χ3v) is 2.75. The normalized spacial score (nSPS) is 15.1. The van der Waals surface area contributed by atoms with Gasteiger partial charge in [0.25, 0.3) is 0 Å². The van der Waals surface area contributed by atoms with Crippen LogP contribution < -0.4 is 0 Å². The van der Waals surface area contributed by atoms with Gasteiger partial charge in [-0.3, -0.25) is 0 Å². The van der Waals surface area contributed by atoms with Gasteiger partial charge in [-0.05, 0) is 37.8 Å². The zero-order valence-electron chi connectivity index (χ0n) is 9.03. The molecule has 1 aromatic rings. The average Bonchev–Trinajstić information content (AvgIpc) is 2.25. The zero-order chi connectivity index (χ0) is 10.7. The smallest absolute Gasteiger partial charge is 0.119 e. The van der Waals surface area contributed by atoms with Gasteiger partial charge in [-0.15, -0.1) is 0 Å². The lowest BCUT2D eigenvalue weighted by Gasteiger charge is -2.10. The molecule has 1 aliphatic rings. The van der Waals surface area contributed by atoms with E-state index in [9.17, 15) is 5.11 Å². The molecule has 0 aromatic heterocycles. The summed E-state index contributed by atoms with van der Waals surface area (Å²) in [7, 11) is 0. The van der Waals surface area contributed by atoms with Crippen LogP contribution >= 0.6 is 0 Å². The van der Waals surface area contributed by atoms with Crippen LogP contribution in [0.15, 0.2) is 42.0 Å². The fraction of sp³-hybridized carbons (Fsp3) is 0.286. The van der Waals surface area contributed by atoms with Crippen LogP contribution in [0, 0.1) is 6.92 Å². The van der Waals surface area contributed by atoms with Crippen molar-refractivity contribution < 1.29 is 5.11 Å². The van der Waals surface area contributed by atoms with Crippen LogP contribution in [0.1, 0.15) is 24.0 Å². The molecule has 0 unspecified atom stereocenters. The third kappa shape index (κ3) is 2.50. The molecule has 2 rings (SSSR count). The highest BCUT2D eigenvalue weighted by molar-refractivity contribution is 5.39. The molecule has 0 amide bonds. The summed E-state index contributed by atoms with van der Waals surface area (Å²) in [5.41, 5.74) is 3.64. The summed E-state index contributed by atoms with van der Waals surface area (Å²) in [5, 5.41) is 9.72. The molecule has 0 radical (unpaired) electrons. The molecule has 0 fully saturated rings. The average molecular weight is 200 g/mol. The third-order valence-electron chi connectivity index (χ3n) is 2.75.